The Bertz CT molecular complexity index is 399. The third-order valence-electron chi connectivity index (χ3n) is 3.46. The highest BCUT2D eigenvalue weighted by Gasteiger charge is 2.39. The van der Waals surface area contributed by atoms with E-state index in [2.05, 4.69) is 20.8 Å². The Hall–Kier alpha value is -0.110. The fraction of sp³-hybridized carbons (Fsp3) is 0.600. The van der Waals surface area contributed by atoms with Crippen LogP contribution in [0.1, 0.15) is 39.2 Å². The van der Waals surface area contributed by atoms with Crippen molar-refractivity contribution >= 4 is 34.8 Å². The summed E-state index contributed by atoms with van der Waals surface area (Å²) in [6, 6.07) is 7.82. The molecule has 1 nitrogen and oxygen atoms in total. The second-order valence-electron chi connectivity index (χ2n) is 5.13. The summed E-state index contributed by atoms with van der Waals surface area (Å²) in [4.78, 5) is 0. The van der Waals surface area contributed by atoms with Gasteiger partial charge < -0.3 is 4.74 Å². The first-order chi connectivity index (χ1) is 8.77. The van der Waals surface area contributed by atoms with Gasteiger partial charge in [0.15, 0.2) is 3.79 Å². The summed E-state index contributed by atoms with van der Waals surface area (Å²) in [5, 5.41) is 0. The van der Waals surface area contributed by atoms with Gasteiger partial charge in [-0.25, -0.2) is 0 Å². The monoisotopic (exact) mass is 322 g/mol. The van der Waals surface area contributed by atoms with Gasteiger partial charge in [0.2, 0.25) is 0 Å². The molecule has 0 N–H and O–H groups in total. The number of alkyl halides is 3. The maximum absolute atomic E-state index is 6.19. The van der Waals surface area contributed by atoms with E-state index in [9.17, 15) is 0 Å². The van der Waals surface area contributed by atoms with Crippen LogP contribution in [0.25, 0.3) is 0 Å². The van der Waals surface area contributed by atoms with Crippen molar-refractivity contribution in [3.63, 3.8) is 0 Å². The quantitative estimate of drug-likeness (QED) is 0.619. The molecule has 19 heavy (non-hydrogen) atoms. The lowest BCUT2D eigenvalue weighted by atomic mass is 9.81. The smallest absolute Gasteiger partial charge is 0.197 e. The summed E-state index contributed by atoms with van der Waals surface area (Å²) in [5.74, 6) is 1.34. The fourth-order valence-electron chi connectivity index (χ4n) is 2.14. The van der Waals surface area contributed by atoms with Crippen molar-refractivity contribution in [3.05, 3.63) is 29.8 Å². The first kappa shape index (κ1) is 16.9. The van der Waals surface area contributed by atoms with Crippen LogP contribution in [0.4, 0.5) is 0 Å². The van der Waals surface area contributed by atoms with E-state index >= 15 is 0 Å². The van der Waals surface area contributed by atoms with Crippen LogP contribution in [0.5, 0.6) is 5.75 Å². The molecule has 2 unspecified atom stereocenters. The van der Waals surface area contributed by atoms with Gasteiger partial charge in [-0.3, -0.25) is 0 Å². The number of halogens is 3. The SMILES string of the molecule is CCOc1cccc(C(C(C)C(C)C)C(Cl)(Cl)Cl)c1. The molecule has 4 heteroatoms. The molecule has 0 fully saturated rings. The lowest BCUT2D eigenvalue weighted by Crippen LogP contribution is -2.27. The molecule has 0 aromatic heterocycles. The Balaban J connectivity index is 3.14. The van der Waals surface area contributed by atoms with Gasteiger partial charge in [-0.1, -0.05) is 67.7 Å². The molecule has 1 aromatic rings. The second-order valence-corrected chi connectivity index (χ2v) is 7.50. The Kier molecular flexibility index (Phi) is 6.29. The molecular weight excluding hydrogens is 303 g/mol. The van der Waals surface area contributed by atoms with Gasteiger partial charge >= 0.3 is 0 Å². The van der Waals surface area contributed by atoms with Crippen molar-refractivity contribution in [2.45, 2.75) is 37.4 Å². The van der Waals surface area contributed by atoms with Crippen LogP contribution in [0.2, 0.25) is 0 Å². The molecule has 0 radical (unpaired) electrons. The van der Waals surface area contributed by atoms with Crippen LogP contribution in [0, 0.1) is 11.8 Å². The van der Waals surface area contributed by atoms with Crippen LogP contribution < -0.4 is 4.74 Å². The molecule has 108 valence electrons. The van der Waals surface area contributed by atoms with Crippen molar-refractivity contribution < 1.29 is 4.74 Å². The third kappa shape index (κ3) is 4.73. The van der Waals surface area contributed by atoms with E-state index < -0.39 is 3.79 Å². The topological polar surface area (TPSA) is 9.23 Å². The molecule has 0 heterocycles. The van der Waals surface area contributed by atoms with Gasteiger partial charge in [-0.05, 0) is 36.5 Å². The van der Waals surface area contributed by atoms with E-state index in [0.717, 1.165) is 11.3 Å². The average molecular weight is 324 g/mol. The molecule has 0 amide bonds. The van der Waals surface area contributed by atoms with E-state index in [0.29, 0.717) is 12.5 Å². The zero-order valence-corrected chi connectivity index (χ0v) is 14.1. The standard InChI is InChI=1S/C15H21Cl3O/c1-5-19-13-8-6-7-12(9-13)14(15(16,17)18)11(4)10(2)3/h6-11,14H,5H2,1-4H3. The first-order valence-corrected chi connectivity index (χ1v) is 7.70. The molecule has 0 aliphatic carbocycles. The zero-order valence-electron chi connectivity index (χ0n) is 11.8. The number of rotatable bonds is 5. The molecule has 2 atom stereocenters. The van der Waals surface area contributed by atoms with Gasteiger partial charge in [0, 0.05) is 5.92 Å². The first-order valence-electron chi connectivity index (χ1n) is 6.56. The van der Waals surface area contributed by atoms with E-state index in [1.807, 2.05) is 31.2 Å². The van der Waals surface area contributed by atoms with Crippen molar-refractivity contribution in [1.82, 2.24) is 0 Å². The minimum atomic E-state index is -1.32. The Morgan fingerprint density at radius 2 is 1.79 bits per heavy atom. The largest absolute Gasteiger partial charge is 0.494 e. The number of hydrogen-bond acceptors (Lipinski definition) is 1. The lowest BCUT2D eigenvalue weighted by molar-refractivity contribution is 0.333. The predicted molar refractivity (Wildman–Crippen MR) is 84.6 cm³/mol. The highest BCUT2D eigenvalue weighted by atomic mass is 35.6. The third-order valence-corrected chi connectivity index (χ3v) is 4.16. The van der Waals surface area contributed by atoms with Gasteiger partial charge in [0.25, 0.3) is 0 Å². The number of hydrogen-bond donors (Lipinski definition) is 0. The van der Waals surface area contributed by atoms with Crippen LogP contribution >= 0.6 is 34.8 Å². The normalized spacial score (nSPS) is 15.4. The van der Waals surface area contributed by atoms with E-state index in [-0.39, 0.29) is 11.8 Å². The predicted octanol–water partition coefficient (Wildman–Crippen LogP) is 5.83. The molecular formula is C15H21Cl3O. The second kappa shape index (κ2) is 7.06. The molecule has 0 saturated heterocycles. The van der Waals surface area contributed by atoms with Gasteiger partial charge in [0.05, 0.1) is 6.61 Å². The van der Waals surface area contributed by atoms with Gasteiger partial charge in [-0.15, -0.1) is 0 Å². The molecule has 0 spiro atoms. The van der Waals surface area contributed by atoms with E-state index in [1.54, 1.807) is 0 Å². The van der Waals surface area contributed by atoms with Gasteiger partial charge in [0.1, 0.15) is 5.75 Å². The summed E-state index contributed by atoms with van der Waals surface area (Å²) in [6.07, 6.45) is 0. The van der Waals surface area contributed by atoms with Crippen molar-refractivity contribution in [2.24, 2.45) is 11.8 Å². The minimum Gasteiger partial charge on any atom is -0.494 e. The fourth-order valence-corrected chi connectivity index (χ4v) is 3.11. The Morgan fingerprint density at radius 3 is 2.26 bits per heavy atom. The van der Waals surface area contributed by atoms with Crippen LogP contribution in [0.3, 0.4) is 0 Å². The van der Waals surface area contributed by atoms with Gasteiger partial charge in [-0.2, -0.15) is 0 Å². The molecule has 0 aliphatic heterocycles. The van der Waals surface area contributed by atoms with Crippen LogP contribution in [0.15, 0.2) is 24.3 Å². The Labute approximate surface area is 131 Å². The number of benzene rings is 1. The zero-order chi connectivity index (χ0) is 14.6. The maximum atomic E-state index is 6.19. The Morgan fingerprint density at radius 1 is 1.16 bits per heavy atom. The summed E-state index contributed by atoms with van der Waals surface area (Å²) in [6.45, 7) is 8.98. The summed E-state index contributed by atoms with van der Waals surface area (Å²) in [7, 11) is 0. The molecule has 1 rings (SSSR count). The van der Waals surface area contributed by atoms with E-state index in [1.165, 1.54) is 0 Å². The summed E-state index contributed by atoms with van der Waals surface area (Å²) < 4.78 is 4.20. The molecule has 1 aromatic carbocycles. The molecule has 0 aliphatic rings. The maximum Gasteiger partial charge on any atom is 0.197 e. The highest BCUT2D eigenvalue weighted by molar-refractivity contribution is 6.68. The van der Waals surface area contributed by atoms with Crippen molar-refractivity contribution in [3.8, 4) is 5.75 Å². The number of ether oxygens (including phenoxy) is 1. The van der Waals surface area contributed by atoms with Crippen LogP contribution in [-0.4, -0.2) is 10.4 Å². The summed E-state index contributed by atoms with van der Waals surface area (Å²) in [5.41, 5.74) is 1.01. The van der Waals surface area contributed by atoms with Crippen molar-refractivity contribution in [2.75, 3.05) is 6.61 Å². The molecule has 0 saturated carbocycles. The summed E-state index contributed by atoms with van der Waals surface area (Å²) >= 11 is 18.6. The highest BCUT2D eigenvalue weighted by Crippen LogP contribution is 2.48. The average Bonchev–Trinajstić information content (AvgIpc) is 2.28. The van der Waals surface area contributed by atoms with Crippen molar-refractivity contribution in [1.29, 1.82) is 0 Å². The minimum absolute atomic E-state index is 0.155. The molecule has 0 bridgehead atoms. The lowest BCUT2D eigenvalue weighted by Gasteiger charge is -2.33. The van der Waals surface area contributed by atoms with E-state index in [4.69, 9.17) is 39.5 Å². The van der Waals surface area contributed by atoms with Crippen LogP contribution in [-0.2, 0) is 0 Å².